The zero-order valence-electron chi connectivity index (χ0n) is 12.0. The summed E-state index contributed by atoms with van der Waals surface area (Å²) in [5.41, 5.74) is 1.87. The van der Waals surface area contributed by atoms with Gasteiger partial charge in [-0.2, -0.15) is 5.26 Å². The molecule has 0 aromatic carbocycles. The summed E-state index contributed by atoms with van der Waals surface area (Å²) in [6.07, 6.45) is 4.97. The number of thiophene rings is 1. The summed E-state index contributed by atoms with van der Waals surface area (Å²) in [4.78, 5) is 25.1. The Morgan fingerprint density at radius 1 is 1.36 bits per heavy atom. The van der Waals surface area contributed by atoms with Crippen LogP contribution < -0.4 is 5.56 Å². The summed E-state index contributed by atoms with van der Waals surface area (Å²) >= 11 is 1.46. The predicted molar refractivity (Wildman–Crippen MR) is 87.4 cm³/mol. The molecule has 0 aliphatic rings. The van der Waals surface area contributed by atoms with Crippen molar-refractivity contribution in [2.45, 2.75) is 13.8 Å². The molecule has 0 aliphatic heterocycles. The standard InChI is InChI=1S/C16H12N4OS/c1-9-10(2)22-16-13(9)15(21)19-14(20-16)12(8-17)7-11-3-5-18-6-4-11/h3-7H,1-2H3,(H,19,20,21)/b12-7+. The van der Waals surface area contributed by atoms with Crippen molar-refractivity contribution in [1.82, 2.24) is 15.0 Å². The number of nitrogens with zero attached hydrogens (tertiary/aromatic N) is 3. The summed E-state index contributed by atoms with van der Waals surface area (Å²) < 4.78 is 0. The van der Waals surface area contributed by atoms with Crippen LogP contribution in [0.1, 0.15) is 21.8 Å². The molecule has 3 heterocycles. The Balaban J connectivity index is 2.19. The molecule has 3 aromatic heterocycles. The molecule has 0 amide bonds. The molecule has 0 saturated heterocycles. The Morgan fingerprint density at radius 2 is 2.09 bits per heavy atom. The van der Waals surface area contributed by atoms with E-state index in [1.54, 1.807) is 30.6 Å². The van der Waals surface area contributed by atoms with Gasteiger partial charge in [-0.05, 0) is 43.2 Å². The van der Waals surface area contributed by atoms with Crippen LogP contribution in [-0.2, 0) is 0 Å². The summed E-state index contributed by atoms with van der Waals surface area (Å²) in [5.74, 6) is 0.290. The van der Waals surface area contributed by atoms with Gasteiger partial charge < -0.3 is 4.98 Å². The van der Waals surface area contributed by atoms with E-state index >= 15 is 0 Å². The fourth-order valence-corrected chi connectivity index (χ4v) is 3.19. The van der Waals surface area contributed by atoms with E-state index in [9.17, 15) is 10.1 Å². The molecule has 3 rings (SSSR count). The van der Waals surface area contributed by atoms with Gasteiger partial charge in [-0.3, -0.25) is 9.78 Å². The normalized spacial score (nSPS) is 11.6. The number of fused-ring (bicyclic) bond motifs is 1. The van der Waals surface area contributed by atoms with Gasteiger partial charge >= 0.3 is 0 Å². The van der Waals surface area contributed by atoms with E-state index < -0.39 is 0 Å². The van der Waals surface area contributed by atoms with Crippen molar-refractivity contribution in [3.63, 3.8) is 0 Å². The zero-order chi connectivity index (χ0) is 15.7. The molecule has 0 bridgehead atoms. The van der Waals surface area contributed by atoms with Crippen LogP contribution in [0.5, 0.6) is 0 Å². The average molecular weight is 308 g/mol. The van der Waals surface area contributed by atoms with Crippen molar-refractivity contribution >= 4 is 33.2 Å². The average Bonchev–Trinajstić information content (AvgIpc) is 2.81. The quantitative estimate of drug-likeness (QED) is 0.738. The number of hydrogen-bond donors (Lipinski definition) is 1. The lowest BCUT2D eigenvalue weighted by molar-refractivity contribution is 1.13. The van der Waals surface area contributed by atoms with Gasteiger partial charge in [0, 0.05) is 17.3 Å². The van der Waals surface area contributed by atoms with Crippen LogP contribution in [0.15, 0.2) is 29.3 Å². The maximum absolute atomic E-state index is 12.3. The molecule has 3 aromatic rings. The maximum Gasteiger partial charge on any atom is 0.260 e. The fraction of sp³-hybridized carbons (Fsp3) is 0.125. The molecule has 0 unspecified atom stereocenters. The second-order valence-corrected chi connectivity index (χ2v) is 6.03. The van der Waals surface area contributed by atoms with Crippen LogP contribution in [0.3, 0.4) is 0 Å². The van der Waals surface area contributed by atoms with Crippen LogP contribution in [-0.4, -0.2) is 15.0 Å². The highest BCUT2D eigenvalue weighted by Gasteiger charge is 2.13. The number of H-pyrrole nitrogens is 1. The summed E-state index contributed by atoms with van der Waals surface area (Å²) in [5, 5.41) is 9.98. The van der Waals surface area contributed by atoms with Gasteiger partial charge in [0.25, 0.3) is 5.56 Å². The molecule has 0 spiro atoms. The van der Waals surface area contributed by atoms with E-state index in [2.05, 4.69) is 21.0 Å². The molecular weight excluding hydrogens is 296 g/mol. The van der Waals surface area contributed by atoms with E-state index in [0.717, 1.165) is 16.0 Å². The molecular formula is C16H12N4OS. The van der Waals surface area contributed by atoms with E-state index in [1.165, 1.54) is 11.3 Å². The highest BCUT2D eigenvalue weighted by molar-refractivity contribution is 7.18. The third-order valence-corrected chi connectivity index (χ3v) is 4.53. The minimum absolute atomic E-state index is 0.210. The zero-order valence-corrected chi connectivity index (χ0v) is 12.9. The third kappa shape index (κ3) is 2.43. The lowest BCUT2D eigenvalue weighted by Crippen LogP contribution is -2.10. The second-order valence-electron chi connectivity index (χ2n) is 4.83. The van der Waals surface area contributed by atoms with E-state index in [-0.39, 0.29) is 11.4 Å². The van der Waals surface area contributed by atoms with Crippen LogP contribution >= 0.6 is 11.3 Å². The number of aryl methyl sites for hydroxylation is 2. The number of nitrogens with one attached hydrogen (secondary N) is 1. The first-order chi connectivity index (χ1) is 10.6. The summed E-state index contributed by atoms with van der Waals surface area (Å²) in [6.45, 7) is 3.86. The highest BCUT2D eigenvalue weighted by atomic mass is 32.1. The Kier molecular flexibility index (Phi) is 3.57. The SMILES string of the molecule is Cc1sc2nc(/C(C#N)=C/c3ccncc3)[nH]c(=O)c2c1C. The number of aromatic nitrogens is 3. The van der Waals surface area contributed by atoms with Gasteiger partial charge in [-0.15, -0.1) is 11.3 Å². The third-order valence-electron chi connectivity index (χ3n) is 3.43. The van der Waals surface area contributed by atoms with Crippen LogP contribution in [0, 0.1) is 25.2 Å². The molecule has 108 valence electrons. The minimum Gasteiger partial charge on any atom is -0.305 e. The molecule has 22 heavy (non-hydrogen) atoms. The van der Waals surface area contributed by atoms with Crippen molar-refractivity contribution in [1.29, 1.82) is 5.26 Å². The van der Waals surface area contributed by atoms with E-state index in [4.69, 9.17) is 0 Å². The number of allylic oxidation sites excluding steroid dienone is 1. The molecule has 0 atom stereocenters. The topological polar surface area (TPSA) is 82.4 Å². The second kappa shape index (κ2) is 5.54. The molecule has 1 N–H and O–H groups in total. The number of pyridine rings is 1. The monoisotopic (exact) mass is 308 g/mol. The summed E-state index contributed by atoms with van der Waals surface area (Å²) in [6, 6.07) is 5.66. The number of rotatable bonds is 2. The molecule has 0 saturated carbocycles. The van der Waals surface area contributed by atoms with Crippen LogP contribution in [0.4, 0.5) is 0 Å². The van der Waals surface area contributed by atoms with Gasteiger partial charge in [0.2, 0.25) is 0 Å². The van der Waals surface area contributed by atoms with Gasteiger partial charge in [0.1, 0.15) is 10.9 Å². The first-order valence-electron chi connectivity index (χ1n) is 6.62. The first kappa shape index (κ1) is 14.2. The lowest BCUT2D eigenvalue weighted by Gasteiger charge is -2.00. The first-order valence-corrected chi connectivity index (χ1v) is 7.44. The Labute approximate surface area is 130 Å². The van der Waals surface area contributed by atoms with Crippen LogP contribution in [0.25, 0.3) is 21.9 Å². The van der Waals surface area contributed by atoms with Crippen molar-refractivity contribution in [3.05, 3.63) is 56.7 Å². The van der Waals surface area contributed by atoms with Crippen molar-refractivity contribution in [2.24, 2.45) is 0 Å². The number of aromatic amines is 1. The largest absolute Gasteiger partial charge is 0.305 e. The molecule has 6 heteroatoms. The number of nitriles is 1. The molecule has 5 nitrogen and oxygen atoms in total. The van der Waals surface area contributed by atoms with Gasteiger partial charge in [0.05, 0.1) is 11.0 Å². The molecule has 0 fully saturated rings. The Bertz CT molecular complexity index is 977. The van der Waals surface area contributed by atoms with Crippen molar-refractivity contribution < 1.29 is 0 Å². The highest BCUT2D eigenvalue weighted by Crippen LogP contribution is 2.26. The van der Waals surface area contributed by atoms with E-state index in [0.29, 0.717) is 15.8 Å². The lowest BCUT2D eigenvalue weighted by atomic mass is 10.1. The van der Waals surface area contributed by atoms with E-state index in [1.807, 2.05) is 13.8 Å². The van der Waals surface area contributed by atoms with Crippen LogP contribution in [0.2, 0.25) is 0 Å². The Hall–Kier alpha value is -2.78. The Morgan fingerprint density at radius 3 is 2.77 bits per heavy atom. The maximum atomic E-state index is 12.3. The fourth-order valence-electron chi connectivity index (χ4n) is 2.16. The van der Waals surface area contributed by atoms with Gasteiger partial charge in [-0.25, -0.2) is 4.98 Å². The predicted octanol–water partition coefficient (Wildman–Crippen LogP) is 3.06. The smallest absolute Gasteiger partial charge is 0.260 e. The van der Waals surface area contributed by atoms with Gasteiger partial charge in [-0.1, -0.05) is 0 Å². The van der Waals surface area contributed by atoms with Crippen molar-refractivity contribution in [2.75, 3.05) is 0 Å². The number of hydrogen-bond acceptors (Lipinski definition) is 5. The van der Waals surface area contributed by atoms with Gasteiger partial charge in [0.15, 0.2) is 5.82 Å². The minimum atomic E-state index is -0.210. The van der Waals surface area contributed by atoms with Crippen molar-refractivity contribution in [3.8, 4) is 6.07 Å². The molecule has 0 aliphatic carbocycles. The molecule has 0 radical (unpaired) electrons. The summed E-state index contributed by atoms with van der Waals surface area (Å²) in [7, 11) is 0.